The van der Waals surface area contributed by atoms with Crippen LogP contribution >= 0.6 is 0 Å². The Hall–Kier alpha value is -2.70. The molecule has 0 saturated heterocycles. The third kappa shape index (κ3) is 2.98. The van der Waals surface area contributed by atoms with Crippen molar-refractivity contribution in [2.75, 3.05) is 0 Å². The molecule has 1 N–H and O–H groups in total. The van der Waals surface area contributed by atoms with Crippen molar-refractivity contribution in [2.45, 2.75) is 52.1 Å². The number of amides is 1. The number of nitrogens with zero attached hydrogens (tertiary/aromatic N) is 5. The molecule has 0 radical (unpaired) electrons. The van der Waals surface area contributed by atoms with Gasteiger partial charge in [-0.15, -0.1) is 0 Å². The molecule has 1 aliphatic rings. The van der Waals surface area contributed by atoms with Crippen molar-refractivity contribution in [2.24, 2.45) is 7.05 Å². The fraction of sp³-hybridized carbons (Fsp3) is 0.474. The summed E-state index contributed by atoms with van der Waals surface area (Å²) in [6.45, 7) is 6.07. The van der Waals surface area contributed by atoms with E-state index in [0.29, 0.717) is 5.92 Å². The Morgan fingerprint density at radius 1 is 1.31 bits per heavy atom. The van der Waals surface area contributed by atoms with Gasteiger partial charge in [-0.1, -0.05) is 0 Å². The molecule has 1 atom stereocenters. The molecule has 1 saturated carbocycles. The first-order chi connectivity index (χ1) is 12.4. The lowest BCUT2D eigenvalue weighted by atomic mass is 10.1. The van der Waals surface area contributed by atoms with E-state index in [1.54, 1.807) is 9.36 Å². The number of pyridine rings is 1. The number of carbonyl (C=O) groups is 1. The molecule has 0 spiro atoms. The fourth-order valence-electron chi connectivity index (χ4n) is 3.70. The van der Waals surface area contributed by atoms with Crippen molar-refractivity contribution >= 4 is 16.9 Å². The molecular formula is C19H24N6O. The number of rotatable bonds is 5. The van der Waals surface area contributed by atoms with Crippen LogP contribution in [0.5, 0.6) is 0 Å². The minimum atomic E-state index is -0.103. The molecule has 0 aliphatic heterocycles. The molecule has 3 heterocycles. The first-order valence-electron chi connectivity index (χ1n) is 9.05. The Labute approximate surface area is 152 Å². The molecule has 1 aliphatic carbocycles. The topological polar surface area (TPSA) is 77.6 Å². The highest BCUT2D eigenvalue weighted by Gasteiger charge is 2.28. The SMILES string of the molecule is Cc1nn(C)cc1C(C)NC(=O)Cn1nc(C)c2c(C3CC3)ccnc21. The first kappa shape index (κ1) is 16.8. The number of carbonyl (C=O) groups excluding carboxylic acids is 1. The van der Waals surface area contributed by atoms with Crippen LogP contribution in [0.3, 0.4) is 0 Å². The summed E-state index contributed by atoms with van der Waals surface area (Å²) >= 11 is 0. The van der Waals surface area contributed by atoms with Gasteiger partial charge in [-0.2, -0.15) is 10.2 Å². The lowest BCUT2D eigenvalue weighted by molar-refractivity contribution is -0.122. The quantitative estimate of drug-likeness (QED) is 0.765. The number of aryl methyl sites for hydroxylation is 3. The van der Waals surface area contributed by atoms with Gasteiger partial charge in [-0.25, -0.2) is 9.67 Å². The Morgan fingerprint density at radius 3 is 2.73 bits per heavy atom. The number of nitrogens with one attached hydrogen (secondary N) is 1. The van der Waals surface area contributed by atoms with Crippen molar-refractivity contribution in [1.29, 1.82) is 0 Å². The molecule has 26 heavy (non-hydrogen) atoms. The van der Waals surface area contributed by atoms with Gasteiger partial charge in [-0.05, 0) is 51.2 Å². The van der Waals surface area contributed by atoms with E-state index in [4.69, 9.17) is 0 Å². The second-order valence-electron chi connectivity index (χ2n) is 7.25. The van der Waals surface area contributed by atoms with E-state index in [-0.39, 0.29) is 18.5 Å². The van der Waals surface area contributed by atoms with Gasteiger partial charge in [0.05, 0.1) is 17.4 Å². The minimum absolute atomic E-state index is 0.0798. The van der Waals surface area contributed by atoms with Crippen LogP contribution in [0.1, 0.15) is 54.2 Å². The molecule has 136 valence electrons. The van der Waals surface area contributed by atoms with Gasteiger partial charge in [-0.3, -0.25) is 9.48 Å². The smallest absolute Gasteiger partial charge is 0.242 e. The maximum absolute atomic E-state index is 12.6. The molecule has 4 rings (SSSR count). The highest BCUT2D eigenvalue weighted by Crippen LogP contribution is 2.43. The van der Waals surface area contributed by atoms with Gasteiger partial charge in [0, 0.05) is 30.4 Å². The Morgan fingerprint density at radius 2 is 2.08 bits per heavy atom. The van der Waals surface area contributed by atoms with Crippen LogP contribution in [0.15, 0.2) is 18.5 Å². The zero-order valence-electron chi connectivity index (χ0n) is 15.7. The molecule has 1 fully saturated rings. The number of hydrogen-bond donors (Lipinski definition) is 1. The molecule has 7 heteroatoms. The van der Waals surface area contributed by atoms with Gasteiger partial charge in [0.15, 0.2) is 5.65 Å². The predicted molar refractivity (Wildman–Crippen MR) is 98.7 cm³/mol. The van der Waals surface area contributed by atoms with Crippen LogP contribution in [0.25, 0.3) is 11.0 Å². The van der Waals surface area contributed by atoms with Crippen molar-refractivity contribution in [3.63, 3.8) is 0 Å². The van der Waals surface area contributed by atoms with E-state index in [1.807, 2.05) is 40.2 Å². The van der Waals surface area contributed by atoms with Crippen molar-refractivity contribution in [3.05, 3.63) is 41.0 Å². The first-order valence-corrected chi connectivity index (χ1v) is 9.05. The summed E-state index contributed by atoms with van der Waals surface area (Å²) in [5, 5.41) is 13.1. The van der Waals surface area contributed by atoms with Crippen LogP contribution in [0.2, 0.25) is 0 Å². The Kier molecular flexibility index (Phi) is 4.01. The summed E-state index contributed by atoms with van der Waals surface area (Å²) in [7, 11) is 1.88. The maximum Gasteiger partial charge on any atom is 0.242 e. The Balaban J connectivity index is 1.54. The van der Waals surface area contributed by atoms with E-state index in [1.165, 1.54) is 18.4 Å². The summed E-state index contributed by atoms with van der Waals surface area (Å²) in [6, 6.07) is 1.99. The van der Waals surface area contributed by atoms with E-state index in [0.717, 1.165) is 28.0 Å². The van der Waals surface area contributed by atoms with Gasteiger partial charge in [0.25, 0.3) is 0 Å². The van der Waals surface area contributed by atoms with E-state index in [9.17, 15) is 4.79 Å². The van der Waals surface area contributed by atoms with Crippen molar-refractivity contribution < 1.29 is 4.79 Å². The molecular weight excluding hydrogens is 328 g/mol. The second-order valence-corrected chi connectivity index (χ2v) is 7.25. The predicted octanol–water partition coefficient (Wildman–Crippen LogP) is 2.54. The molecule has 1 amide bonds. The molecule has 7 nitrogen and oxygen atoms in total. The third-order valence-corrected chi connectivity index (χ3v) is 5.05. The molecule has 1 unspecified atom stereocenters. The monoisotopic (exact) mass is 352 g/mol. The van der Waals surface area contributed by atoms with E-state index >= 15 is 0 Å². The highest BCUT2D eigenvalue weighted by atomic mass is 16.2. The number of hydrogen-bond acceptors (Lipinski definition) is 4. The number of fused-ring (bicyclic) bond motifs is 1. The van der Waals surface area contributed by atoms with Gasteiger partial charge in [0.1, 0.15) is 6.54 Å². The average molecular weight is 352 g/mol. The lowest BCUT2D eigenvalue weighted by Gasteiger charge is -2.13. The summed E-state index contributed by atoms with van der Waals surface area (Å²) in [6.07, 6.45) is 6.22. The van der Waals surface area contributed by atoms with E-state index < -0.39 is 0 Å². The van der Waals surface area contributed by atoms with Gasteiger partial charge < -0.3 is 5.32 Å². The molecule has 0 aromatic carbocycles. The van der Waals surface area contributed by atoms with Crippen LogP contribution < -0.4 is 5.32 Å². The summed E-state index contributed by atoms with van der Waals surface area (Å²) in [5.74, 6) is 0.544. The van der Waals surface area contributed by atoms with Crippen molar-refractivity contribution in [1.82, 2.24) is 29.9 Å². The van der Waals surface area contributed by atoms with Crippen LogP contribution in [-0.2, 0) is 18.4 Å². The van der Waals surface area contributed by atoms with E-state index in [2.05, 4.69) is 26.6 Å². The molecule has 3 aromatic heterocycles. The average Bonchev–Trinajstić information content (AvgIpc) is 3.31. The van der Waals surface area contributed by atoms with Gasteiger partial charge >= 0.3 is 0 Å². The normalized spacial score (nSPS) is 15.4. The molecule has 0 bridgehead atoms. The number of aromatic nitrogens is 5. The lowest BCUT2D eigenvalue weighted by Crippen LogP contribution is -2.30. The largest absolute Gasteiger partial charge is 0.348 e. The van der Waals surface area contributed by atoms with Gasteiger partial charge in [0.2, 0.25) is 5.91 Å². The fourth-order valence-corrected chi connectivity index (χ4v) is 3.70. The minimum Gasteiger partial charge on any atom is -0.348 e. The van der Waals surface area contributed by atoms with Crippen LogP contribution in [-0.4, -0.2) is 30.5 Å². The highest BCUT2D eigenvalue weighted by molar-refractivity contribution is 5.85. The zero-order valence-corrected chi connectivity index (χ0v) is 15.7. The Bertz CT molecular complexity index is 981. The maximum atomic E-state index is 12.6. The summed E-state index contributed by atoms with van der Waals surface area (Å²) in [5.41, 5.74) is 5.01. The summed E-state index contributed by atoms with van der Waals surface area (Å²) in [4.78, 5) is 17.1. The zero-order chi connectivity index (χ0) is 18.4. The van der Waals surface area contributed by atoms with Crippen LogP contribution in [0.4, 0.5) is 0 Å². The third-order valence-electron chi connectivity index (χ3n) is 5.05. The van der Waals surface area contributed by atoms with Crippen molar-refractivity contribution in [3.8, 4) is 0 Å². The molecule has 3 aromatic rings. The standard InChI is InChI=1S/C19H24N6O/c1-11(16-9-24(4)22-12(16)2)21-17(26)10-25-19-18(13(3)23-25)15(7-8-20-19)14-5-6-14/h7-9,11,14H,5-6,10H2,1-4H3,(H,21,26). The summed E-state index contributed by atoms with van der Waals surface area (Å²) < 4.78 is 3.48. The van der Waals surface area contributed by atoms with Crippen LogP contribution in [0, 0.1) is 13.8 Å². The second kappa shape index (κ2) is 6.23.